The van der Waals surface area contributed by atoms with Crippen molar-refractivity contribution in [2.24, 2.45) is 0 Å². The summed E-state index contributed by atoms with van der Waals surface area (Å²) in [6.07, 6.45) is 1.52. The molecule has 0 saturated carbocycles. The summed E-state index contributed by atoms with van der Waals surface area (Å²) in [6, 6.07) is 22.1. The number of anilines is 1. The zero-order valence-electron chi connectivity index (χ0n) is 23.5. The summed E-state index contributed by atoms with van der Waals surface area (Å²) in [6.45, 7) is 3.81. The van der Waals surface area contributed by atoms with E-state index in [1.807, 2.05) is 62.4 Å². The van der Waals surface area contributed by atoms with Crippen molar-refractivity contribution < 1.29 is 22.8 Å². The van der Waals surface area contributed by atoms with Crippen molar-refractivity contribution in [2.45, 2.75) is 25.6 Å². The van der Waals surface area contributed by atoms with Gasteiger partial charge >= 0.3 is 0 Å². The highest BCUT2D eigenvalue weighted by molar-refractivity contribution is 8.00. The van der Waals surface area contributed by atoms with E-state index < -0.39 is 22.8 Å². The van der Waals surface area contributed by atoms with E-state index in [0.717, 1.165) is 28.4 Å². The Morgan fingerprint density at radius 1 is 1.05 bits per heavy atom. The molecule has 0 radical (unpaired) electrons. The van der Waals surface area contributed by atoms with Gasteiger partial charge < -0.3 is 9.73 Å². The van der Waals surface area contributed by atoms with E-state index in [-0.39, 0.29) is 30.3 Å². The molecule has 1 aliphatic heterocycles. The topological polar surface area (TPSA) is 80.4 Å². The molecule has 43 heavy (non-hydrogen) atoms. The summed E-state index contributed by atoms with van der Waals surface area (Å²) in [5.41, 5.74) is 4.75. The fourth-order valence-corrected chi connectivity index (χ4v) is 6.44. The Kier molecular flexibility index (Phi) is 7.86. The molecule has 0 fully saturated rings. The molecule has 3 heterocycles. The number of amides is 2. The summed E-state index contributed by atoms with van der Waals surface area (Å²) in [5, 5.41) is 7.14. The molecule has 10 heteroatoms. The predicted molar refractivity (Wildman–Crippen MR) is 162 cm³/mol. The minimum Gasteiger partial charge on any atom is -0.467 e. The highest BCUT2D eigenvalue weighted by Gasteiger charge is 2.38. The van der Waals surface area contributed by atoms with Crippen molar-refractivity contribution in [2.75, 3.05) is 17.2 Å². The fourth-order valence-electron chi connectivity index (χ4n) is 5.22. The molecule has 3 aromatic carbocycles. The van der Waals surface area contributed by atoms with Crippen LogP contribution in [0.2, 0.25) is 0 Å². The fraction of sp³-hybridized carbons (Fsp3) is 0.182. The van der Waals surface area contributed by atoms with Gasteiger partial charge in [-0.05, 0) is 49.2 Å². The summed E-state index contributed by atoms with van der Waals surface area (Å²) < 4.78 is 36.4. The van der Waals surface area contributed by atoms with Crippen LogP contribution in [0, 0.1) is 25.5 Å². The summed E-state index contributed by atoms with van der Waals surface area (Å²) in [7, 11) is 0. The van der Waals surface area contributed by atoms with Gasteiger partial charge in [0.2, 0.25) is 11.8 Å². The van der Waals surface area contributed by atoms with E-state index in [1.165, 1.54) is 35.1 Å². The van der Waals surface area contributed by atoms with Crippen LogP contribution in [0.4, 0.5) is 14.6 Å². The number of aryl methyl sites for hydroxylation is 1. The lowest BCUT2D eigenvalue weighted by Crippen LogP contribution is -2.42. The zero-order chi connectivity index (χ0) is 30.1. The molecule has 0 spiro atoms. The first kappa shape index (κ1) is 28.4. The van der Waals surface area contributed by atoms with Crippen LogP contribution >= 0.6 is 11.8 Å². The number of fused-ring (bicyclic) bond motifs is 1. The quantitative estimate of drug-likeness (QED) is 0.231. The number of hydrogen-bond donors (Lipinski definition) is 1. The monoisotopic (exact) mass is 598 g/mol. The van der Waals surface area contributed by atoms with Gasteiger partial charge in [0.25, 0.3) is 0 Å². The minimum absolute atomic E-state index is 0.0390. The number of carbonyl (C=O) groups excluding carboxylic acids is 2. The maximum atomic E-state index is 15.4. The Hall–Kier alpha value is -4.70. The van der Waals surface area contributed by atoms with E-state index in [4.69, 9.17) is 9.52 Å². The molecule has 7 nitrogen and oxygen atoms in total. The van der Waals surface area contributed by atoms with Gasteiger partial charge in [0.1, 0.15) is 29.8 Å². The van der Waals surface area contributed by atoms with Gasteiger partial charge in [0, 0.05) is 22.8 Å². The van der Waals surface area contributed by atoms with Gasteiger partial charge in [0.15, 0.2) is 0 Å². The van der Waals surface area contributed by atoms with E-state index in [1.54, 1.807) is 16.8 Å². The van der Waals surface area contributed by atoms with Crippen molar-refractivity contribution >= 4 is 29.4 Å². The molecule has 5 aromatic rings. The molecular formula is C33H28F2N4O3S. The van der Waals surface area contributed by atoms with Crippen LogP contribution in [0.15, 0.2) is 89.5 Å². The Labute approximate surface area is 251 Å². The maximum absolute atomic E-state index is 15.4. The van der Waals surface area contributed by atoms with Crippen LogP contribution < -0.4 is 10.2 Å². The van der Waals surface area contributed by atoms with Crippen LogP contribution in [0.25, 0.3) is 16.9 Å². The van der Waals surface area contributed by atoms with Crippen LogP contribution in [0.5, 0.6) is 0 Å². The molecule has 218 valence electrons. The summed E-state index contributed by atoms with van der Waals surface area (Å²) in [4.78, 5) is 28.6. The van der Waals surface area contributed by atoms with Crippen molar-refractivity contribution in [1.29, 1.82) is 0 Å². The minimum atomic E-state index is -0.723. The number of carbonyl (C=O) groups is 2. The van der Waals surface area contributed by atoms with Gasteiger partial charge in [-0.3, -0.25) is 14.5 Å². The highest BCUT2D eigenvalue weighted by atomic mass is 32.2. The lowest BCUT2D eigenvalue weighted by atomic mass is 9.99. The Morgan fingerprint density at radius 3 is 2.60 bits per heavy atom. The Balaban J connectivity index is 1.58. The number of aromatic nitrogens is 2. The maximum Gasteiger partial charge on any atom is 0.240 e. The molecule has 0 bridgehead atoms. The second-order valence-corrected chi connectivity index (χ2v) is 11.4. The molecule has 6 rings (SSSR count). The van der Waals surface area contributed by atoms with Gasteiger partial charge in [-0.15, -0.1) is 11.8 Å². The van der Waals surface area contributed by atoms with Crippen LogP contribution in [0.1, 0.15) is 33.3 Å². The molecule has 1 unspecified atom stereocenters. The van der Waals surface area contributed by atoms with Gasteiger partial charge in [-0.2, -0.15) is 5.10 Å². The number of benzene rings is 3. The van der Waals surface area contributed by atoms with Gasteiger partial charge in [-0.1, -0.05) is 48.5 Å². The number of halogens is 2. The molecule has 2 aromatic heterocycles. The SMILES string of the molecule is Cc1cccc(-n2nc(-c3ccccc3)c3c2N(CC(=O)NCc2ccco2)C(=O)CSC3c2ccc(F)cc2F)c1C. The van der Waals surface area contributed by atoms with Crippen molar-refractivity contribution in [3.8, 4) is 16.9 Å². The number of hydrogen-bond acceptors (Lipinski definition) is 5. The van der Waals surface area contributed by atoms with Crippen molar-refractivity contribution in [1.82, 2.24) is 15.1 Å². The molecular weight excluding hydrogens is 570 g/mol. The number of nitrogens with zero attached hydrogens (tertiary/aromatic N) is 3. The Bertz CT molecular complexity index is 1800. The number of thioether (sulfide) groups is 1. The first-order valence-corrected chi connectivity index (χ1v) is 14.8. The largest absolute Gasteiger partial charge is 0.467 e. The smallest absolute Gasteiger partial charge is 0.240 e. The average molecular weight is 599 g/mol. The van der Waals surface area contributed by atoms with Crippen molar-refractivity contribution in [3.63, 3.8) is 0 Å². The normalized spacial score (nSPS) is 14.8. The van der Waals surface area contributed by atoms with Crippen molar-refractivity contribution in [3.05, 3.63) is 125 Å². The van der Waals surface area contributed by atoms with E-state index >= 15 is 4.39 Å². The van der Waals surface area contributed by atoms with Gasteiger partial charge in [0.05, 0.1) is 35.2 Å². The number of furan rings is 1. The third kappa shape index (κ3) is 5.58. The highest BCUT2D eigenvalue weighted by Crippen LogP contribution is 2.49. The summed E-state index contributed by atoms with van der Waals surface area (Å²) in [5.74, 6) is -1.25. The van der Waals surface area contributed by atoms with Crippen LogP contribution in [0.3, 0.4) is 0 Å². The second kappa shape index (κ2) is 11.9. The molecule has 1 N–H and O–H groups in total. The standard InChI is InChI=1S/C33H28F2N4O3S/c1-20-8-6-12-27(21(20)2)39-33-30(31(37-39)22-9-4-3-5-10-22)32(25-14-13-23(34)16-26(25)35)43-19-29(41)38(33)18-28(40)36-17-24-11-7-15-42-24/h3-16,32H,17-19H2,1-2H3,(H,36,40). The predicted octanol–water partition coefficient (Wildman–Crippen LogP) is 6.51. The molecule has 1 atom stereocenters. The Morgan fingerprint density at radius 2 is 1.86 bits per heavy atom. The van der Waals surface area contributed by atoms with Gasteiger partial charge in [-0.25, -0.2) is 13.5 Å². The molecule has 2 amide bonds. The molecule has 0 aliphatic carbocycles. The first-order chi connectivity index (χ1) is 20.8. The summed E-state index contributed by atoms with van der Waals surface area (Å²) >= 11 is 1.22. The first-order valence-electron chi connectivity index (χ1n) is 13.7. The van der Waals surface area contributed by atoms with Crippen LogP contribution in [-0.4, -0.2) is 33.9 Å². The van der Waals surface area contributed by atoms with E-state index in [2.05, 4.69) is 5.32 Å². The van der Waals surface area contributed by atoms with Crippen LogP contribution in [-0.2, 0) is 16.1 Å². The number of rotatable bonds is 7. The lowest BCUT2D eigenvalue weighted by Gasteiger charge is -2.24. The van der Waals surface area contributed by atoms with E-state index in [9.17, 15) is 14.0 Å². The zero-order valence-corrected chi connectivity index (χ0v) is 24.3. The average Bonchev–Trinajstić information content (AvgIpc) is 3.63. The molecule has 1 aliphatic rings. The third-order valence-corrected chi connectivity index (χ3v) is 8.76. The lowest BCUT2D eigenvalue weighted by molar-refractivity contribution is -0.123. The second-order valence-electron chi connectivity index (χ2n) is 10.3. The molecule has 0 saturated heterocycles. The number of nitrogens with one attached hydrogen (secondary N) is 1. The third-order valence-electron chi connectivity index (χ3n) is 7.53. The van der Waals surface area contributed by atoms with E-state index in [0.29, 0.717) is 22.8 Å².